The molecule has 0 bridgehead atoms. The highest BCUT2D eigenvalue weighted by Gasteiger charge is 2.28. The Kier molecular flexibility index (Phi) is 4.60. The second-order valence-corrected chi connectivity index (χ2v) is 5.92. The highest BCUT2D eigenvalue weighted by Crippen LogP contribution is 2.40. The number of nitrogens with zero attached hydrogens (tertiary/aromatic N) is 2. The van der Waals surface area contributed by atoms with E-state index in [1.807, 2.05) is 17.8 Å². The average molecular weight is 302 g/mol. The quantitative estimate of drug-likeness (QED) is 0.919. The van der Waals surface area contributed by atoms with E-state index in [4.69, 9.17) is 0 Å². The molecule has 1 fully saturated rings. The van der Waals surface area contributed by atoms with Crippen LogP contribution in [0, 0.1) is 5.13 Å². The van der Waals surface area contributed by atoms with Crippen LogP contribution in [0.4, 0.5) is 4.39 Å². The zero-order valence-corrected chi connectivity index (χ0v) is 12.4. The minimum absolute atomic E-state index is 0. The first-order valence-electron chi connectivity index (χ1n) is 6.19. The first-order valence-corrected chi connectivity index (χ1v) is 7.01. The molecule has 0 aromatic carbocycles. The monoisotopic (exact) mass is 301 g/mol. The van der Waals surface area contributed by atoms with Gasteiger partial charge in [0.05, 0.1) is 5.69 Å². The molecule has 3 nitrogen and oxygen atoms in total. The Morgan fingerprint density at radius 2 is 2.21 bits per heavy atom. The van der Waals surface area contributed by atoms with E-state index in [-0.39, 0.29) is 17.5 Å². The summed E-state index contributed by atoms with van der Waals surface area (Å²) in [5.74, 6) is 0.669. The van der Waals surface area contributed by atoms with Gasteiger partial charge in [0.2, 0.25) is 0 Å². The van der Waals surface area contributed by atoms with Crippen LogP contribution in [-0.4, -0.2) is 9.78 Å². The standard InChI is InChI=1S/C13H16FN3S.ClH/c1-17-8-10(13(16-17)9-2-3-9)6-15-7-11-4-5-12(14)18-11;/h4-5,8-9,15H,2-3,6-7H2,1H3;1H. The van der Waals surface area contributed by atoms with Gasteiger partial charge in [-0.15, -0.1) is 23.7 Å². The van der Waals surface area contributed by atoms with Crippen molar-refractivity contribution in [2.75, 3.05) is 0 Å². The number of hydrogen-bond donors (Lipinski definition) is 1. The molecule has 0 unspecified atom stereocenters. The predicted octanol–water partition coefficient (Wildman–Crippen LogP) is 3.21. The van der Waals surface area contributed by atoms with Gasteiger partial charge in [-0.3, -0.25) is 4.68 Å². The Labute approximate surface area is 122 Å². The van der Waals surface area contributed by atoms with E-state index >= 15 is 0 Å². The van der Waals surface area contributed by atoms with Crippen LogP contribution < -0.4 is 5.32 Å². The molecule has 2 heterocycles. The van der Waals surface area contributed by atoms with Crippen LogP contribution in [0.1, 0.15) is 34.9 Å². The van der Waals surface area contributed by atoms with Gasteiger partial charge in [-0.25, -0.2) is 0 Å². The van der Waals surface area contributed by atoms with E-state index in [1.54, 1.807) is 0 Å². The van der Waals surface area contributed by atoms with Crippen molar-refractivity contribution in [2.45, 2.75) is 31.8 Å². The molecule has 19 heavy (non-hydrogen) atoms. The maximum atomic E-state index is 12.8. The lowest BCUT2D eigenvalue weighted by Gasteiger charge is -2.02. The SMILES string of the molecule is Cl.Cn1cc(CNCc2ccc(F)s2)c(C2CC2)n1. The Balaban J connectivity index is 0.00000133. The highest BCUT2D eigenvalue weighted by molar-refractivity contribution is 7.10. The summed E-state index contributed by atoms with van der Waals surface area (Å²) >= 11 is 1.20. The normalized spacial score (nSPS) is 14.4. The van der Waals surface area contributed by atoms with Gasteiger partial charge in [0, 0.05) is 42.7 Å². The molecular weight excluding hydrogens is 285 g/mol. The lowest BCUT2D eigenvalue weighted by molar-refractivity contribution is 0.657. The Morgan fingerprint density at radius 1 is 1.42 bits per heavy atom. The molecule has 0 spiro atoms. The second-order valence-electron chi connectivity index (χ2n) is 4.80. The van der Waals surface area contributed by atoms with Crippen molar-refractivity contribution in [3.63, 3.8) is 0 Å². The van der Waals surface area contributed by atoms with E-state index in [0.29, 0.717) is 12.5 Å². The van der Waals surface area contributed by atoms with Crippen LogP contribution in [0.2, 0.25) is 0 Å². The molecule has 0 saturated heterocycles. The van der Waals surface area contributed by atoms with Crippen molar-refractivity contribution in [1.82, 2.24) is 15.1 Å². The van der Waals surface area contributed by atoms with Gasteiger partial charge in [0.1, 0.15) is 0 Å². The fourth-order valence-corrected chi connectivity index (χ4v) is 2.86. The summed E-state index contributed by atoms with van der Waals surface area (Å²) in [5, 5.41) is 7.76. The molecular formula is C13H17ClFN3S. The van der Waals surface area contributed by atoms with E-state index in [2.05, 4.69) is 16.6 Å². The molecule has 2 aromatic rings. The van der Waals surface area contributed by atoms with Gasteiger partial charge in [-0.05, 0) is 25.0 Å². The van der Waals surface area contributed by atoms with Crippen LogP contribution in [0.15, 0.2) is 18.3 Å². The van der Waals surface area contributed by atoms with Crippen molar-refractivity contribution in [1.29, 1.82) is 0 Å². The second kappa shape index (κ2) is 6.03. The largest absolute Gasteiger partial charge is 0.308 e. The van der Waals surface area contributed by atoms with Gasteiger partial charge in [0.15, 0.2) is 5.13 Å². The number of hydrogen-bond acceptors (Lipinski definition) is 3. The van der Waals surface area contributed by atoms with Crippen molar-refractivity contribution in [2.24, 2.45) is 7.05 Å². The summed E-state index contributed by atoms with van der Waals surface area (Å²) in [7, 11) is 1.96. The number of thiophene rings is 1. The molecule has 2 aromatic heterocycles. The lowest BCUT2D eigenvalue weighted by Crippen LogP contribution is -2.12. The molecule has 1 aliphatic rings. The van der Waals surface area contributed by atoms with Crippen LogP contribution in [0.5, 0.6) is 0 Å². The number of rotatable bonds is 5. The van der Waals surface area contributed by atoms with E-state index in [9.17, 15) is 4.39 Å². The molecule has 6 heteroatoms. The smallest absolute Gasteiger partial charge is 0.176 e. The van der Waals surface area contributed by atoms with Gasteiger partial charge >= 0.3 is 0 Å². The van der Waals surface area contributed by atoms with E-state index < -0.39 is 0 Å². The zero-order valence-electron chi connectivity index (χ0n) is 10.7. The van der Waals surface area contributed by atoms with Gasteiger partial charge < -0.3 is 5.32 Å². The summed E-state index contributed by atoms with van der Waals surface area (Å²) < 4.78 is 14.7. The zero-order chi connectivity index (χ0) is 12.5. The average Bonchev–Trinajstić information content (AvgIpc) is 3.00. The highest BCUT2D eigenvalue weighted by atomic mass is 35.5. The number of nitrogens with one attached hydrogen (secondary N) is 1. The predicted molar refractivity (Wildman–Crippen MR) is 77.3 cm³/mol. The summed E-state index contributed by atoms with van der Waals surface area (Å²) in [6.07, 6.45) is 4.61. The summed E-state index contributed by atoms with van der Waals surface area (Å²) in [5.41, 5.74) is 2.51. The first kappa shape index (κ1) is 14.5. The summed E-state index contributed by atoms with van der Waals surface area (Å²) in [6, 6.07) is 3.35. The van der Waals surface area contributed by atoms with Crippen LogP contribution in [-0.2, 0) is 20.1 Å². The van der Waals surface area contributed by atoms with E-state index in [0.717, 1.165) is 11.4 Å². The summed E-state index contributed by atoms with van der Waals surface area (Å²) in [4.78, 5) is 1.03. The third kappa shape index (κ3) is 3.55. The lowest BCUT2D eigenvalue weighted by atomic mass is 10.2. The molecule has 0 radical (unpaired) electrons. The molecule has 3 rings (SSSR count). The van der Waals surface area contributed by atoms with Crippen LogP contribution in [0.3, 0.4) is 0 Å². The molecule has 104 valence electrons. The minimum atomic E-state index is -0.119. The summed E-state index contributed by atoms with van der Waals surface area (Å²) in [6.45, 7) is 1.52. The fraction of sp³-hybridized carbons (Fsp3) is 0.462. The molecule has 0 atom stereocenters. The molecule has 0 amide bonds. The van der Waals surface area contributed by atoms with Crippen molar-refractivity contribution in [3.05, 3.63) is 39.6 Å². The molecule has 1 saturated carbocycles. The topological polar surface area (TPSA) is 29.9 Å². The van der Waals surface area contributed by atoms with Gasteiger partial charge in [0.25, 0.3) is 0 Å². The first-order chi connectivity index (χ1) is 8.72. The molecule has 1 aliphatic carbocycles. The van der Waals surface area contributed by atoms with Crippen molar-refractivity contribution < 1.29 is 4.39 Å². The Morgan fingerprint density at radius 3 is 2.84 bits per heavy atom. The third-order valence-electron chi connectivity index (χ3n) is 3.14. The maximum Gasteiger partial charge on any atom is 0.176 e. The van der Waals surface area contributed by atoms with Gasteiger partial charge in [-0.2, -0.15) is 9.49 Å². The van der Waals surface area contributed by atoms with Crippen LogP contribution in [0.25, 0.3) is 0 Å². The fourth-order valence-electron chi connectivity index (χ4n) is 2.16. The van der Waals surface area contributed by atoms with E-state index in [1.165, 1.54) is 41.5 Å². The number of aromatic nitrogens is 2. The van der Waals surface area contributed by atoms with Crippen LogP contribution >= 0.6 is 23.7 Å². The van der Waals surface area contributed by atoms with Crippen molar-refractivity contribution in [3.8, 4) is 0 Å². The number of aryl methyl sites for hydroxylation is 1. The van der Waals surface area contributed by atoms with Gasteiger partial charge in [-0.1, -0.05) is 0 Å². The number of halogens is 2. The Hall–Kier alpha value is -0.910. The molecule has 1 N–H and O–H groups in total. The Bertz CT molecular complexity index is 548. The minimum Gasteiger partial charge on any atom is -0.308 e. The van der Waals surface area contributed by atoms with Crippen molar-refractivity contribution >= 4 is 23.7 Å². The molecule has 0 aliphatic heterocycles. The third-order valence-corrected chi connectivity index (χ3v) is 4.02. The maximum absolute atomic E-state index is 12.8.